The van der Waals surface area contributed by atoms with Crippen molar-refractivity contribution in [2.45, 2.75) is 30.8 Å². The molecule has 6 heteroatoms. The summed E-state index contributed by atoms with van der Waals surface area (Å²) in [5.41, 5.74) is 7.84. The van der Waals surface area contributed by atoms with E-state index in [0.717, 1.165) is 72.1 Å². The van der Waals surface area contributed by atoms with E-state index in [2.05, 4.69) is 157 Å². The van der Waals surface area contributed by atoms with Crippen molar-refractivity contribution in [2.24, 2.45) is 4.99 Å². The molecule has 0 bridgehead atoms. The van der Waals surface area contributed by atoms with Gasteiger partial charge in [0.05, 0.1) is 11.0 Å². The van der Waals surface area contributed by atoms with Gasteiger partial charge < -0.3 is 14.5 Å². The summed E-state index contributed by atoms with van der Waals surface area (Å²) in [5.74, 6) is 1.67. The van der Waals surface area contributed by atoms with E-state index in [1.54, 1.807) is 0 Å². The first-order valence-corrected chi connectivity index (χ1v) is 18.8. The van der Waals surface area contributed by atoms with E-state index in [-0.39, 0.29) is 23.9 Å². The molecule has 2 N–H and O–H groups in total. The molecule has 5 nitrogen and oxygen atoms in total. The summed E-state index contributed by atoms with van der Waals surface area (Å²) in [6.45, 7) is 2.25. The standard InChI is InChI=1S/C48H34ClN3O2/c1-48-24-7-6-21-42(48)54-44-37(18-10-19-39(44)48)47-51-45(30-23-22-28-11-2-3-12-29(28)25-30)50-46(52-47)35-17-9-14-32-33(35)15-8-16-34(32)38-26-31(49)27-41-43(38)36-13-4-5-20-40(36)53-41/h2-27,42,45-46,50H,1H3,(H,51,52). The van der Waals surface area contributed by atoms with E-state index in [4.69, 9.17) is 25.7 Å². The van der Waals surface area contributed by atoms with Gasteiger partial charge in [-0.15, -0.1) is 0 Å². The number of rotatable bonds is 4. The third-order valence-electron chi connectivity index (χ3n) is 11.5. The van der Waals surface area contributed by atoms with Crippen molar-refractivity contribution in [2.75, 3.05) is 0 Å². The number of hydrogen-bond acceptors (Lipinski definition) is 5. The lowest BCUT2D eigenvalue weighted by atomic mass is 9.76. The second kappa shape index (κ2) is 11.9. The first-order chi connectivity index (χ1) is 26.5. The second-order valence-corrected chi connectivity index (χ2v) is 15.1. The van der Waals surface area contributed by atoms with Gasteiger partial charge in [0.15, 0.2) is 0 Å². The Labute approximate surface area is 317 Å². The normalized spacial score (nSPS) is 21.6. The minimum absolute atomic E-state index is 0.0742. The molecule has 4 atom stereocenters. The number of aliphatic imine (C=N–C) groups is 1. The van der Waals surface area contributed by atoms with Crippen LogP contribution in [0.15, 0.2) is 167 Å². The van der Waals surface area contributed by atoms with Crippen molar-refractivity contribution in [3.05, 3.63) is 185 Å². The van der Waals surface area contributed by atoms with Crippen LogP contribution in [0.1, 0.15) is 41.5 Å². The SMILES string of the molecule is CC12C=CC=CC1Oc1c(C3=NC(c4ccc5ccccc5c4)NC(c4cccc5c(-c6cc(Cl)cc7oc8ccccc8c67)cccc45)N3)cccc12. The van der Waals surface area contributed by atoms with E-state index in [9.17, 15) is 0 Å². The Morgan fingerprint density at radius 3 is 2.43 bits per heavy atom. The molecule has 54 heavy (non-hydrogen) atoms. The highest BCUT2D eigenvalue weighted by atomic mass is 35.5. The number of ether oxygens (including phenoxy) is 1. The molecule has 0 spiro atoms. The third kappa shape index (κ3) is 4.79. The molecule has 0 saturated carbocycles. The van der Waals surface area contributed by atoms with Gasteiger partial charge in [0, 0.05) is 27.4 Å². The molecule has 1 aromatic heterocycles. The number of para-hydroxylation sites is 2. The van der Waals surface area contributed by atoms with Gasteiger partial charge >= 0.3 is 0 Å². The number of hydrogen-bond donors (Lipinski definition) is 2. The number of furan rings is 1. The van der Waals surface area contributed by atoms with E-state index in [1.165, 1.54) is 16.3 Å². The van der Waals surface area contributed by atoms with Crippen LogP contribution in [0.2, 0.25) is 5.02 Å². The molecule has 11 rings (SSSR count). The van der Waals surface area contributed by atoms with Gasteiger partial charge in [-0.3, -0.25) is 5.32 Å². The first-order valence-electron chi connectivity index (χ1n) is 18.4. The fraction of sp³-hybridized carbons (Fsp3) is 0.104. The Morgan fingerprint density at radius 2 is 1.48 bits per heavy atom. The number of nitrogens with zero attached hydrogens (tertiary/aromatic N) is 1. The number of amidine groups is 1. The zero-order valence-electron chi connectivity index (χ0n) is 29.4. The quantitative estimate of drug-likeness (QED) is 0.190. The lowest BCUT2D eigenvalue weighted by Gasteiger charge is -2.33. The number of allylic oxidation sites excluding steroid dienone is 2. The summed E-state index contributed by atoms with van der Waals surface area (Å²) in [4.78, 5) is 5.39. The zero-order chi connectivity index (χ0) is 36.0. The maximum absolute atomic E-state index is 6.77. The average molecular weight is 720 g/mol. The summed E-state index contributed by atoms with van der Waals surface area (Å²) in [5, 5.41) is 15.1. The molecular weight excluding hydrogens is 686 g/mol. The molecule has 8 aromatic rings. The van der Waals surface area contributed by atoms with Crippen molar-refractivity contribution < 1.29 is 9.15 Å². The number of nitrogens with one attached hydrogen (secondary N) is 2. The summed E-state index contributed by atoms with van der Waals surface area (Å²) < 4.78 is 13.0. The first kappa shape index (κ1) is 31.4. The van der Waals surface area contributed by atoms with Gasteiger partial charge in [0.2, 0.25) is 0 Å². The summed E-state index contributed by atoms with van der Waals surface area (Å²) >= 11 is 6.77. The van der Waals surface area contributed by atoms with Gasteiger partial charge in [0.1, 0.15) is 41.2 Å². The predicted octanol–water partition coefficient (Wildman–Crippen LogP) is 11.7. The Bertz CT molecular complexity index is 2940. The van der Waals surface area contributed by atoms with Gasteiger partial charge in [-0.25, -0.2) is 4.99 Å². The molecule has 0 radical (unpaired) electrons. The van der Waals surface area contributed by atoms with Crippen LogP contribution < -0.4 is 15.4 Å². The van der Waals surface area contributed by atoms with Crippen LogP contribution in [0, 0.1) is 0 Å². The molecule has 2 aliphatic heterocycles. The highest BCUT2D eigenvalue weighted by Gasteiger charge is 2.45. The van der Waals surface area contributed by atoms with E-state index in [0.29, 0.717) is 5.02 Å². The monoisotopic (exact) mass is 719 g/mol. The maximum Gasteiger partial charge on any atom is 0.137 e. The summed E-state index contributed by atoms with van der Waals surface area (Å²) in [6, 6.07) is 46.7. The molecule has 1 aliphatic carbocycles. The fourth-order valence-corrected chi connectivity index (χ4v) is 8.99. The largest absolute Gasteiger partial charge is 0.484 e. The number of benzene rings is 7. The highest BCUT2D eigenvalue weighted by molar-refractivity contribution is 6.32. The lowest BCUT2D eigenvalue weighted by Crippen LogP contribution is -2.45. The molecule has 3 aliphatic rings. The summed E-state index contributed by atoms with van der Waals surface area (Å²) in [6.07, 6.45) is 7.91. The van der Waals surface area contributed by atoms with E-state index >= 15 is 0 Å². The molecule has 260 valence electrons. The minimum atomic E-state index is -0.325. The van der Waals surface area contributed by atoms with E-state index in [1.807, 2.05) is 18.2 Å². The van der Waals surface area contributed by atoms with Crippen LogP contribution in [-0.2, 0) is 5.41 Å². The molecular formula is C48H34ClN3O2. The Balaban J connectivity index is 1.08. The van der Waals surface area contributed by atoms with Crippen molar-refractivity contribution in [1.29, 1.82) is 0 Å². The maximum atomic E-state index is 6.77. The average Bonchev–Trinajstić information content (AvgIpc) is 3.74. The number of halogens is 1. The third-order valence-corrected chi connectivity index (χ3v) is 11.7. The van der Waals surface area contributed by atoms with Crippen LogP contribution in [0.5, 0.6) is 5.75 Å². The fourth-order valence-electron chi connectivity index (χ4n) is 8.78. The topological polar surface area (TPSA) is 58.8 Å². The van der Waals surface area contributed by atoms with E-state index < -0.39 is 0 Å². The second-order valence-electron chi connectivity index (χ2n) is 14.7. The Hall–Kier alpha value is -6.14. The molecule has 7 aromatic carbocycles. The van der Waals surface area contributed by atoms with Crippen molar-refractivity contribution in [3.8, 4) is 16.9 Å². The smallest absolute Gasteiger partial charge is 0.137 e. The van der Waals surface area contributed by atoms with Crippen molar-refractivity contribution in [1.82, 2.24) is 10.6 Å². The zero-order valence-corrected chi connectivity index (χ0v) is 30.1. The van der Waals surface area contributed by atoms with Gasteiger partial charge in [-0.1, -0.05) is 133 Å². The molecule has 0 fully saturated rings. The van der Waals surface area contributed by atoms with Gasteiger partial charge in [-0.2, -0.15) is 0 Å². The lowest BCUT2D eigenvalue weighted by molar-refractivity contribution is 0.227. The number of fused-ring (bicyclic) bond motifs is 8. The molecule has 3 heterocycles. The minimum Gasteiger partial charge on any atom is -0.484 e. The van der Waals surface area contributed by atoms with Crippen LogP contribution >= 0.6 is 11.6 Å². The highest BCUT2D eigenvalue weighted by Crippen LogP contribution is 2.48. The van der Waals surface area contributed by atoms with Crippen LogP contribution in [0.25, 0.3) is 54.6 Å². The molecule has 0 saturated heterocycles. The molecule has 4 unspecified atom stereocenters. The van der Waals surface area contributed by atoms with Crippen LogP contribution in [-0.4, -0.2) is 11.9 Å². The van der Waals surface area contributed by atoms with Crippen LogP contribution in [0.4, 0.5) is 0 Å². The van der Waals surface area contributed by atoms with Gasteiger partial charge in [0.25, 0.3) is 0 Å². The molecule has 0 amide bonds. The summed E-state index contributed by atoms with van der Waals surface area (Å²) in [7, 11) is 0. The Kier molecular flexibility index (Phi) is 6.94. The van der Waals surface area contributed by atoms with Crippen molar-refractivity contribution >= 4 is 60.9 Å². The predicted molar refractivity (Wildman–Crippen MR) is 220 cm³/mol. The van der Waals surface area contributed by atoms with Crippen molar-refractivity contribution in [3.63, 3.8) is 0 Å². The Morgan fingerprint density at radius 1 is 0.685 bits per heavy atom. The van der Waals surface area contributed by atoms with Gasteiger partial charge in [-0.05, 0) is 81.1 Å². The van der Waals surface area contributed by atoms with Crippen LogP contribution in [0.3, 0.4) is 0 Å².